The van der Waals surface area contributed by atoms with Crippen LogP contribution in [0.5, 0.6) is 5.75 Å². The van der Waals surface area contributed by atoms with Crippen molar-refractivity contribution in [2.75, 3.05) is 12.3 Å². The first kappa shape index (κ1) is 20.9. The van der Waals surface area contributed by atoms with E-state index in [2.05, 4.69) is 5.32 Å². The SMILES string of the molecule is CC[C@H](Oc1cccc(Cl)c1)C(=O)NCCSCc1c(F)cccc1Cl. The van der Waals surface area contributed by atoms with E-state index in [1.165, 1.54) is 17.8 Å². The van der Waals surface area contributed by atoms with Crippen LogP contribution >= 0.6 is 35.0 Å². The van der Waals surface area contributed by atoms with Gasteiger partial charge in [-0.25, -0.2) is 4.39 Å². The summed E-state index contributed by atoms with van der Waals surface area (Å²) in [6.07, 6.45) is -0.0458. The van der Waals surface area contributed by atoms with Crippen molar-refractivity contribution in [2.45, 2.75) is 25.2 Å². The third kappa shape index (κ3) is 6.38. The zero-order chi connectivity index (χ0) is 18.9. The Balaban J connectivity index is 1.75. The zero-order valence-electron chi connectivity index (χ0n) is 14.3. The van der Waals surface area contributed by atoms with E-state index < -0.39 is 6.10 Å². The molecule has 0 saturated heterocycles. The number of hydrogen-bond acceptors (Lipinski definition) is 3. The van der Waals surface area contributed by atoms with Crippen molar-refractivity contribution in [1.82, 2.24) is 5.32 Å². The number of nitrogens with one attached hydrogen (secondary N) is 1. The molecule has 0 aliphatic heterocycles. The second-order valence-corrected chi connectivity index (χ2v) is 7.46. The van der Waals surface area contributed by atoms with Crippen molar-refractivity contribution in [3.05, 3.63) is 63.9 Å². The Morgan fingerprint density at radius 2 is 2.04 bits per heavy atom. The standard InChI is InChI=1S/C19H20Cl2FNO2S/c1-2-18(25-14-6-3-5-13(20)11-14)19(24)23-9-10-26-12-15-16(21)7-4-8-17(15)22/h3-8,11,18H,2,9-10,12H2,1H3,(H,23,24)/t18-/m0/s1. The summed E-state index contributed by atoms with van der Waals surface area (Å²) in [4.78, 5) is 12.2. The molecule has 26 heavy (non-hydrogen) atoms. The number of ether oxygens (including phenoxy) is 1. The highest BCUT2D eigenvalue weighted by Gasteiger charge is 2.18. The number of carbonyl (C=O) groups is 1. The molecule has 0 saturated carbocycles. The summed E-state index contributed by atoms with van der Waals surface area (Å²) < 4.78 is 19.4. The molecule has 2 aromatic carbocycles. The predicted molar refractivity (Wildman–Crippen MR) is 107 cm³/mol. The van der Waals surface area contributed by atoms with Crippen LogP contribution < -0.4 is 10.1 Å². The summed E-state index contributed by atoms with van der Waals surface area (Å²) in [5.74, 6) is 1.16. The van der Waals surface area contributed by atoms with Crippen LogP contribution in [0.2, 0.25) is 10.0 Å². The van der Waals surface area contributed by atoms with Crippen LogP contribution in [-0.2, 0) is 10.5 Å². The first-order valence-corrected chi connectivity index (χ1v) is 10.1. The molecule has 0 fully saturated rings. The van der Waals surface area contributed by atoms with Crippen molar-refractivity contribution in [2.24, 2.45) is 0 Å². The van der Waals surface area contributed by atoms with Gasteiger partial charge in [-0.05, 0) is 36.8 Å². The van der Waals surface area contributed by atoms with E-state index in [1.54, 1.807) is 36.4 Å². The highest BCUT2D eigenvalue weighted by Crippen LogP contribution is 2.23. The molecule has 1 amide bonds. The molecule has 0 unspecified atom stereocenters. The van der Waals surface area contributed by atoms with E-state index in [9.17, 15) is 9.18 Å². The molecular weight excluding hydrogens is 396 g/mol. The second-order valence-electron chi connectivity index (χ2n) is 5.52. The van der Waals surface area contributed by atoms with Gasteiger partial charge in [-0.15, -0.1) is 0 Å². The maximum atomic E-state index is 13.7. The Bertz CT molecular complexity index is 725. The van der Waals surface area contributed by atoms with Crippen LogP contribution in [0.1, 0.15) is 18.9 Å². The van der Waals surface area contributed by atoms with E-state index in [4.69, 9.17) is 27.9 Å². The van der Waals surface area contributed by atoms with Gasteiger partial charge in [0.2, 0.25) is 0 Å². The largest absolute Gasteiger partial charge is 0.481 e. The molecule has 2 rings (SSSR count). The van der Waals surface area contributed by atoms with Crippen LogP contribution in [0.4, 0.5) is 4.39 Å². The summed E-state index contributed by atoms with van der Waals surface area (Å²) in [5.41, 5.74) is 0.487. The van der Waals surface area contributed by atoms with Crippen molar-refractivity contribution < 1.29 is 13.9 Å². The lowest BCUT2D eigenvalue weighted by atomic mass is 10.2. The molecule has 140 valence electrons. The van der Waals surface area contributed by atoms with E-state index in [0.717, 1.165) is 0 Å². The molecule has 0 aromatic heterocycles. The van der Waals surface area contributed by atoms with Crippen LogP contribution in [0.25, 0.3) is 0 Å². The first-order valence-electron chi connectivity index (χ1n) is 8.21. The average molecular weight is 416 g/mol. The minimum Gasteiger partial charge on any atom is -0.481 e. The summed E-state index contributed by atoms with van der Waals surface area (Å²) in [6, 6.07) is 11.6. The summed E-state index contributed by atoms with van der Waals surface area (Å²) in [6.45, 7) is 2.34. The fraction of sp³-hybridized carbons (Fsp3) is 0.316. The number of benzene rings is 2. The lowest BCUT2D eigenvalue weighted by Gasteiger charge is -2.17. The molecular formula is C19H20Cl2FNO2S. The molecule has 7 heteroatoms. The van der Waals surface area contributed by atoms with Gasteiger partial charge in [-0.3, -0.25) is 4.79 Å². The Morgan fingerprint density at radius 1 is 1.27 bits per heavy atom. The molecule has 0 aliphatic rings. The maximum absolute atomic E-state index is 13.7. The number of carbonyl (C=O) groups excluding carboxylic acids is 1. The van der Waals surface area contributed by atoms with Gasteiger partial charge in [-0.2, -0.15) is 11.8 Å². The minimum atomic E-state index is -0.584. The van der Waals surface area contributed by atoms with Crippen LogP contribution in [0, 0.1) is 5.82 Å². The number of amides is 1. The van der Waals surface area contributed by atoms with Crippen molar-refractivity contribution in [1.29, 1.82) is 0 Å². The summed E-state index contributed by atoms with van der Waals surface area (Å²) in [7, 11) is 0. The molecule has 3 nitrogen and oxygen atoms in total. The summed E-state index contributed by atoms with van der Waals surface area (Å²) >= 11 is 13.4. The molecule has 0 radical (unpaired) electrons. The average Bonchev–Trinajstić information content (AvgIpc) is 2.61. The van der Waals surface area contributed by atoms with E-state index >= 15 is 0 Å². The van der Waals surface area contributed by atoms with Gasteiger partial charge in [0.05, 0.1) is 0 Å². The quantitative estimate of drug-likeness (QED) is 0.561. The maximum Gasteiger partial charge on any atom is 0.261 e. The van der Waals surface area contributed by atoms with Crippen molar-refractivity contribution in [3.63, 3.8) is 0 Å². The van der Waals surface area contributed by atoms with Crippen LogP contribution in [-0.4, -0.2) is 24.3 Å². The Labute approximate surface area is 167 Å². The molecule has 2 aromatic rings. The molecule has 0 spiro atoms. The molecule has 0 aliphatic carbocycles. The van der Waals surface area contributed by atoms with E-state index in [1.807, 2.05) is 6.92 Å². The molecule has 0 bridgehead atoms. The topological polar surface area (TPSA) is 38.3 Å². The number of halogens is 3. The normalized spacial score (nSPS) is 11.8. The first-order chi connectivity index (χ1) is 12.5. The Kier molecular flexibility index (Phi) is 8.55. The van der Waals surface area contributed by atoms with Gasteiger partial charge in [0, 0.05) is 33.7 Å². The van der Waals surface area contributed by atoms with Crippen LogP contribution in [0.3, 0.4) is 0 Å². The number of hydrogen-bond donors (Lipinski definition) is 1. The predicted octanol–water partition coefficient (Wildman–Crippen LogP) is 5.34. The zero-order valence-corrected chi connectivity index (χ0v) is 16.6. The summed E-state index contributed by atoms with van der Waals surface area (Å²) in [5, 5.41) is 3.81. The lowest BCUT2D eigenvalue weighted by molar-refractivity contribution is -0.127. The fourth-order valence-corrected chi connectivity index (χ4v) is 3.61. The van der Waals surface area contributed by atoms with Gasteiger partial charge in [0.1, 0.15) is 11.6 Å². The van der Waals surface area contributed by atoms with Crippen LogP contribution in [0.15, 0.2) is 42.5 Å². The van der Waals surface area contributed by atoms with E-state index in [0.29, 0.717) is 45.8 Å². The van der Waals surface area contributed by atoms with Gasteiger partial charge < -0.3 is 10.1 Å². The monoisotopic (exact) mass is 415 g/mol. The van der Waals surface area contributed by atoms with Gasteiger partial charge in [-0.1, -0.05) is 42.3 Å². The fourth-order valence-electron chi connectivity index (χ4n) is 2.23. The number of rotatable bonds is 9. The van der Waals surface area contributed by atoms with Gasteiger partial charge in [0.15, 0.2) is 6.10 Å². The number of thioether (sulfide) groups is 1. The van der Waals surface area contributed by atoms with E-state index in [-0.39, 0.29) is 11.7 Å². The Hall–Kier alpha value is -1.43. The smallest absolute Gasteiger partial charge is 0.261 e. The minimum absolute atomic E-state index is 0.183. The Morgan fingerprint density at radius 3 is 2.73 bits per heavy atom. The highest BCUT2D eigenvalue weighted by molar-refractivity contribution is 7.98. The van der Waals surface area contributed by atoms with Gasteiger partial charge >= 0.3 is 0 Å². The molecule has 0 heterocycles. The third-order valence-corrected chi connectivity index (χ3v) is 5.17. The highest BCUT2D eigenvalue weighted by atomic mass is 35.5. The van der Waals surface area contributed by atoms with Crippen molar-refractivity contribution >= 4 is 40.9 Å². The van der Waals surface area contributed by atoms with Gasteiger partial charge in [0.25, 0.3) is 5.91 Å². The second kappa shape index (κ2) is 10.7. The van der Waals surface area contributed by atoms with Crippen molar-refractivity contribution in [3.8, 4) is 5.75 Å². The third-order valence-electron chi connectivity index (χ3n) is 3.59. The lowest BCUT2D eigenvalue weighted by Crippen LogP contribution is -2.39. The molecule has 1 atom stereocenters. The molecule has 1 N–H and O–H groups in total.